The Balaban J connectivity index is 1.90. The van der Waals surface area contributed by atoms with Gasteiger partial charge in [0.05, 0.1) is 17.1 Å². The zero-order chi connectivity index (χ0) is 16.8. The second-order valence-electron chi connectivity index (χ2n) is 7.27. The van der Waals surface area contributed by atoms with E-state index in [0.29, 0.717) is 12.5 Å². The van der Waals surface area contributed by atoms with Crippen LogP contribution in [-0.4, -0.2) is 33.1 Å². The number of carbonyl (C=O) groups is 1. The number of H-pyrrole nitrogens is 1. The number of carbonyl (C=O) groups excluding carboxylic acids is 1. The van der Waals surface area contributed by atoms with Crippen LogP contribution in [0.15, 0.2) is 22.7 Å². The molecule has 5 nitrogen and oxygen atoms in total. The number of nitrogens with zero attached hydrogens (tertiary/aromatic N) is 2. The lowest BCUT2D eigenvalue weighted by Gasteiger charge is -2.27. The fraction of sp³-hybridized carbons (Fsp3) is 0.529. The molecule has 0 bridgehead atoms. The first-order valence-electron chi connectivity index (χ1n) is 7.88. The van der Waals surface area contributed by atoms with Crippen LogP contribution in [-0.2, 0) is 4.74 Å². The molecule has 6 heteroatoms. The van der Waals surface area contributed by atoms with Crippen molar-refractivity contribution in [3.05, 3.63) is 28.5 Å². The third-order valence-electron chi connectivity index (χ3n) is 3.92. The van der Waals surface area contributed by atoms with E-state index in [1.54, 1.807) is 4.90 Å². The Bertz CT molecular complexity index is 735. The van der Waals surface area contributed by atoms with Gasteiger partial charge in [-0.15, -0.1) is 0 Å². The van der Waals surface area contributed by atoms with E-state index in [-0.39, 0.29) is 12.1 Å². The highest BCUT2D eigenvalue weighted by atomic mass is 79.9. The third kappa shape index (κ3) is 3.52. The van der Waals surface area contributed by atoms with Crippen LogP contribution in [0.3, 0.4) is 0 Å². The van der Waals surface area contributed by atoms with Crippen LogP contribution < -0.4 is 0 Å². The van der Waals surface area contributed by atoms with Crippen LogP contribution in [0.1, 0.15) is 46.0 Å². The zero-order valence-corrected chi connectivity index (χ0v) is 15.5. The van der Waals surface area contributed by atoms with Gasteiger partial charge in [-0.05, 0) is 51.3 Å². The van der Waals surface area contributed by atoms with Gasteiger partial charge in [0.2, 0.25) is 0 Å². The van der Waals surface area contributed by atoms with Crippen molar-refractivity contribution < 1.29 is 9.53 Å². The molecule has 23 heavy (non-hydrogen) atoms. The molecular formula is C17H22BrN3O2. The van der Waals surface area contributed by atoms with E-state index in [1.807, 2.05) is 39.0 Å². The van der Waals surface area contributed by atoms with Crippen molar-refractivity contribution in [2.45, 2.75) is 45.8 Å². The van der Waals surface area contributed by atoms with Gasteiger partial charge < -0.3 is 9.72 Å². The van der Waals surface area contributed by atoms with Crippen molar-refractivity contribution in [2.75, 3.05) is 6.54 Å². The van der Waals surface area contributed by atoms with Gasteiger partial charge >= 0.3 is 6.09 Å². The van der Waals surface area contributed by atoms with Crippen molar-refractivity contribution in [1.29, 1.82) is 0 Å². The van der Waals surface area contributed by atoms with Crippen LogP contribution in [0, 0.1) is 5.92 Å². The van der Waals surface area contributed by atoms with Crippen molar-refractivity contribution in [2.24, 2.45) is 5.92 Å². The van der Waals surface area contributed by atoms with E-state index in [1.165, 1.54) is 0 Å². The molecule has 1 aliphatic rings. The summed E-state index contributed by atoms with van der Waals surface area (Å²) >= 11 is 3.47. The molecule has 1 fully saturated rings. The minimum absolute atomic E-state index is 0.0639. The number of aromatic nitrogens is 2. The standard InChI is InChI=1S/C17H22BrN3O2/c1-10-7-14(21(9-10)16(22)23-17(2,3)4)15-19-12-6-5-11(18)8-13(12)20-15/h5-6,8,10,14H,7,9H2,1-4H3,(H,19,20)/t10-,14+/m1/s1. The lowest BCUT2D eigenvalue weighted by atomic mass is 10.1. The van der Waals surface area contributed by atoms with Gasteiger partial charge in [0, 0.05) is 11.0 Å². The largest absolute Gasteiger partial charge is 0.444 e. The number of hydrogen-bond acceptors (Lipinski definition) is 3. The minimum atomic E-state index is -0.494. The molecule has 0 unspecified atom stereocenters. The molecule has 1 aromatic heterocycles. The lowest BCUT2D eigenvalue weighted by Crippen LogP contribution is -2.37. The molecule has 124 valence electrons. The average molecular weight is 380 g/mol. The highest BCUT2D eigenvalue weighted by Crippen LogP contribution is 2.36. The van der Waals surface area contributed by atoms with Crippen molar-refractivity contribution in [3.8, 4) is 0 Å². The predicted molar refractivity (Wildman–Crippen MR) is 93.3 cm³/mol. The first kappa shape index (κ1) is 16.3. The molecule has 1 aliphatic heterocycles. The SMILES string of the molecule is C[C@@H]1C[C@@H](c2nc3ccc(Br)cc3[nH]2)N(C(=O)OC(C)(C)C)C1. The number of likely N-dealkylation sites (tertiary alicyclic amines) is 1. The summed E-state index contributed by atoms with van der Waals surface area (Å²) in [7, 11) is 0. The smallest absolute Gasteiger partial charge is 0.410 e. The quantitative estimate of drug-likeness (QED) is 0.784. The zero-order valence-electron chi connectivity index (χ0n) is 13.9. The Kier molecular flexibility index (Phi) is 4.12. The number of halogens is 1. The highest BCUT2D eigenvalue weighted by Gasteiger charge is 2.38. The predicted octanol–water partition coefficient (Wildman–Crippen LogP) is 4.64. The summed E-state index contributed by atoms with van der Waals surface area (Å²) < 4.78 is 6.56. The Morgan fingerprint density at radius 1 is 1.43 bits per heavy atom. The normalized spacial score (nSPS) is 21.9. The first-order chi connectivity index (χ1) is 10.7. The fourth-order valence-corrected chi connectivity index (χ4v) is 3.35. The maximum atomic E-state index is 12.5. The van der Waals surface area contributed by atoms with Crippen LogP contribution in [0.4, 0.5) is 4.79 Å². The molecule has 2 heterocycles. The molecule has 1 amide bonds. The molecule has 1 aromatic carbocycles. The van der Waals surface area contributed by atoms with Crippen molar-refractivity contribution >= 4 is 33.1 Å². The summed E-state index contributed by atoms with van der Waals surface area (Å²) in [6.07, 6.45) is 0.619. The first-order valence-corrected chi connectivity index (χ1v) is 8.67. The van der Waals surface area contributed by atoms with E-state index >= 15 is 0 Å². The monoisotopic (exact) mass is 379 g/mol. The number of benzene rings is 1. The maximum Gasteiger partial charge on any atom is 0.410 e. The van der Waals surface area contributed by atoms with E-state index in [2.05, 4.69) is 32.8 Å². The summed E-state index contributed by atoms with van der Waals surface area (Å²) in [6.45, 7) is 8.51. The lowest BCUT2D eigenvalue weighted by molar-refractivity contribution is 0.0215. The average Bonchev–Trinajstić information content (AvgIpc) is 2.99. The Morgan fingerprint density at radius 3 is 2.87 bits per heavy atom. The number of imidazole rings is 1. The van der Waals surface area contributed by atoms with Gasteiger partial charge in [-0.25, -0.2) is 9.78 Å². The van der Waals surface area contributed by atoms with Crippen LogP contribution >= 0.6 is 15.9 Å². The molecule has 0 aliphatic carbocycles. The van der Waals surface area contributed by atoms with E-state index in [9.17, 15) is 4.79 Å². The number of fused-ring (bicyclic) bond motifs is 1. The van der Waals surface area contributed by atoms with Crippen LogP contribution in [0.2, 0.25) is 0 Å². The molecule has 1 N–H and O–H groups in total. The molecule has 3 rings (SSSR count). The van der Waals surface area contributed by atoms with Crippen LogP contribution in [0.5, 0.6) is 0 Å². The second kappa shape index (κ2) is 5.82. The fourth-order valence-electron chi connectivity index (χ4n) is 2.99. The van der Waals surface area contributed by atoms with E-state index < -0.39 is 5.60 Å². The highest BCUT2D eigenvalue weighted by molar-refractivity contribution is 9.10. The van der Waals surface area contributed by atoms with Gasteiger partial charge in [0.25, 0.3) is 0 Å². The van der Waals surface area contributed by atoms with Crippen molar-refractivity contribution in [3.63, 3.8) is 0 Å². The summed E-state index contributed by atoms with van der Waals surface area (Å²) in [5.41, 5.74) is 1.39. The van der Waals surface area contributed by atoms with Gasteiger partial charge in [0.1, 0.15) is 11.4 Å². The molecule has 2 aromatic rings. The summed E-state index contributed by atoms with van der Waals surface area (Å²) in [4.78, 5) is 22.3. The van der Waals surface area contributed by atoms with Crippen LogP contribution in [0.25, 0.3) is 11.0 Å². The third-order valence-corrected chi connectivity index (χ3v) is 4.41. The van der Waals surface area contributed by atoms with Gasteiger partial charge in [-0.3, -0.25) is 4.90 Å². The molecule has 1 saturated heterocycles. The molecule has 0 radical (unpaired) electrons. The number of ether oxygens (including phenoxy) is 1. The number of aromatic amines is 1. The topological polar surface area (TPSA) is 58.2 Å². The van der Waals surface area contributed by atoms with Gasteiger partial charge in [-0.1, -0.05) is 22.9 Å². The summed E-state index contributed by atoms with van der Waals surface area (Å²) in [5.74, 6) is 1.25. The van der Waals surface area contributed by atoms with Gasteiger partial charge in [0.15, 0.2) is 0 Å². The van der Waals surface area contributed by atoms with E-state index in [0.717, 1.165) is 27.8 Å². The summed E-state index contributed by atoms with van der Waals surface area (Å²) in [5, 5.41) is 0. The molecule has 0 saturated carbocycles. The molecule has 0 spiro atoms. The molecular weight excluding hydrogens is 358 g/mol. The maximum absolute atomic E-state index is 12.5. The number of rotatable bonds is 1. The number of hydrogen-bond donors (Lipinski definition) is 1. The second-order valence-corrected chi connectivity index (χ2v) is 8.19. The Hall–Kier alpha value is -1.56. The number of amides is 1. The summed E-state index contributed by atoms with van der Waals surface area (Å²) in [6, 6.07) is 5.87. The Labute approximate surface area is 144 Å². The molecule has 2 atom stereocenters. The minimum Gasteiger partial charge on any atom is -0.444 e. The number of nitrogens with one attached hydrogen (secondary N) is 1. The van der Waals surface area contributed by atoms with E-state index in [4.69, 9.17) is 4.74 Å². The van der Waals surface area contributed by atoms with Gasteiger partial charge in [-0.2, -0.15) is 0 Å². The Morgan fingerprint density at radius 2 is 2.17 bits per heavy atom. The van der Waals surface area contributed by atoms with Crippen molar-refractivity contribution in [1.82, 2.24) is 14.9 Å².